The van der Waals surface area contributed by atoms with E-state index in [0.717, 1.165) is 14.1 Å². The summed E-state index contributed by atoms with van der Waals surface area (Å²) in [5.74, 6) is -0.0925. The molecule has 0 aliphatic heterocycles. The van der Waals surface area contributed by atoms with Gasteiger partial charge in [0.15, 0.2) is 0 Å². The second-order valence-electron chi connectivity index (χ2n) is 3.45. The lowest BCUT2D eigenvalue weighted by Gasteiger charge is -2.08. The summed E-state index contributed by atoms with van der Waals surface area (Å²) < 4.78 is 1.10. The summed E-state index contributed by atoms with van der Waals surface area (Å²) in [6, 6.07) is 9.42. The number of carbonyl (C=O) groups excluding carboxylic acids is 1. The number of hydrogen-bond donors (Lipinski definition) is 2. The monoisotopic (exact) mass is 358 g/mol. The minimum Gasteiger partial charge on any atom is -0.326 e. The van der Waals surface area contributed by atoms with Crippen molar-refractivity contribution in [1.29, 1.82) is 0 Å². The van der Waals surface area contributed by atoms with Crippen LogP contribution in [0.15, 0.2) is 35.7 Å². The molecule has 17 heavy (non-hydrogen) atoms. The van der Waals surface area contributed by atoms with E-state index in [0.29, 0.717) is 12.1 Å². The molecule has 3 nitrogen and oxygen atoms in total. The maximum absolute atomic E-state index is 11.9. The van der Waals surface area contributed by atoms with Crippen molar-refractivity contribution in [2.75, 3.05) is 5.32 Å². The van der Waals surface area contributed by atoms with Gasteiger partial charge in [0.25, 0.3) is 5.91 Å². The number of thiophene rings is 1. The number of nitrogens with one attached hydrogen (secondary N) is 1. The van der Waals surface area contributed by atoms with Gasteiger partial charge in [-0.15, -0.1) is 11.3 Å². The molecule has 0 aliphatic rings. The second-order valence-corrected chi connectivity index (χ2v) is 6.26. The van der Waals surface area contributed by atoms with Gasteiger partial charge in [-0.05, 0) is 40.3 Å². The zero-order valence-corrected chi connectivity index (χ0v) is 11.9. The van der Waals surface area contributed by atoms with E-state index in [1.54, 1.807) is 11.3 Å². The van der Waals surface area contributed by atoms with Crippen LogP contribution in [0.4, 0.5) is 5.69 Å². The van der Waals surface area contributed by atoms with Crippen LogP contribution >= 0.6 is 33.9 Å². The lowest BCUT2D eigenvalue weighted by Crippen LogP contribution is -2.13. The van der Waals surface area contributed by atoms with E-state index in [1.165, 1.54) is 0 Å². The van der Waals surface area contributed by atoms with Gasteiger partial charge < -0.3 is 11.1 Å². The van der Waals surface area contributed by atoms with Crippen LogP contribution in [0, 0.1) is 2.88 Å². The molecule has 0 unspecified atom stereocenters. The SMILES string of the molecule is NCc1ccccc1NC(=O)c1csc(I)c1. The van der Waals surface area contributed by atoms with Crippen LogP contribution in [0.1, 0.15) is 15.9 Å². The van der Waals surface area contributed by atoms with Gasteiger partial charge in [-0.2, -0.15) is 0 Å². The molecule has 1 aromatic heterocycles. The van der Waals surface area contributed by atoms with Gasteiger partial charge in [-0.25, -0.2) is 0 Å². The lowest BCUT2D eigenvalue weighted by atomic mass is 10.1. The first-order chi connectivity index (χ1) is 8.20. The van der Waals surface area contributed by atoms with Gasteiger partial charge in [-0.3, -0.25) is 4.79 Å². The summed E-state index contributed by atoms with van der Waals surface area (Å²) in [5.41, 5.74) is 8.02. The smallest absolute Gasteiger partial charge is 0.256 e. The average molecular weight is 358 g/mol. The van der Waals surface area contributed by atoms with E-state index in [1.807, 2.05) is 35.7 Å². The number of carbonyl (C=O) groups is 1. The molecule has 2 rings (SSSR count). The molecule has 0 saturated carbocycles. The summed E-state index contributed by atoms with van der Waals surface area (Å²) in [4.78, 5) is 11.9. The molecular weight excluding hydrogens is 347 g/mol. The Morgan fingerprint density at radius 2 is 2.18 bits per heavy atom. The summed E-state index contributed by atoms with van der Waals surface area (Å²) in [6.45, 7) is 0.414. The fourth-order valence-electron chi connectivity index (χ4n) is 1.44. The Bertz CT molecular complexity index is 539. The molecule has 1 amide bonds. The van der Waals surface area contributed by atoms with Crippen LogP contribution < -0.4 is 11.1 Å². The third-order valence-electron chi connectivity index (χ3n) is 2.32. The van der Waals surface area contributed by atoms with E-state index in [4.69, 9.17) is 5.73 Å². The fraction of sp³-hybridized carbons (Fsp3) is 0.0833. The third-order valence-corrected chi connectivity index (χ3v) is 4.10. The maximum atomic E-state index is 11.9. The Balaban J connectivity index is 2.18. The third kappa shape index (κ3) is 3.05. The number of rotatable bonds is 3. The highest BCUT2D eigenvalue weighted by molar-refractivity contribution is 14.1. The number of para-hydroxylation sites is 1. The summed E-state index contributed by atoms with van der Waals surface area (Å²) >= 11 is 3.75. The maximum Gasteiger partial charge on any atom is 0.256 e. The van der Waals surface area contributed by atoms with Crippen LogP contribution in [-0.4, -0.2) is 5.91 Å². The Hall–Kier alpha value is -0.920. The van der Waals surface area contributed by atoms with Crippen molar-refractivity contribution in [3.8, 4) is 0 Å². The van der Waals surface area contributed by atoms with Gasteiger partial charge in [0.05, 0.1) is 8.45 Å². The van der Waals surface area contributed by atoms with E-state index in [9.17, 15) is 4.79 Å². The van der Waals surface area contributed by atoms with Gasteiger partial charge in [-0.1, -0.05) is 18.2 Å². The number of hydrogen-bond acceptors (Lipinski definition) is 3. The second kappa shape index (κ2) is 5.61. The molecule has 0 spiro atoms. The number of anilines is 1. The highest BCUT2D eigenvalue weighted by Crippen LogP contribution is 2.19. The Morgan fingerprint density at radius 1 is 1.41 bits per heavy atom. The first-order valence-electron chi connectivity index (χ1n) is 5.04. The van der Waals surface area contributed by atoms with Crippen molar-refractivity contribution in [2.24, 2.45) is 5.73 Å². The minimum atomic E-state index is -0.0925. The van der Waals surface area contributed by atoms with Crippen molar-refractivity contribution < 1.29 is 4.79 Å². The number of halogens is 1. The summed E-state index contributed by atoms with van der Waals surface area (Å²) in [5, 5.41) is 4.72. The first kappa shape index (κ1) is 12.5. The molecule has 5 heteroatoms. The largest absolute Gasteiger partial charge is 0.326 e. The first-order valence-corrected chi connectivity index (χ1v) is 7.00. The molecule has 0 fully saturated rings. The van der Waals surface area contributed by atoms with Crippen LogP contribution in [0.2, 0.25) is 0 Å². The Kier molecular flexibility index (Phi) is 4.14. The van der Waals surface area contributed by atoms with Crippen molar-refractivity contribution in [3.05, 3.63) is 49.7 Å². The molecular formula is C12H11IN2OS. The van der Waals surface area contributed by atoms with Gasteiger partial charge in [0.1, 0.15) is 0 Å². The summed E-state index contributed by atoms with van der Waals surface area (Å²) in [7, 11) is 0. The van der Waals surface area contributed by atoms with Crippen molar-refractivity contribution in [2.45, 2.75) is 6.54 Å². The van der Waals surface area contributed by atoms with E-state index in [2.05, 4.69) is 27.9 Å². The van der Waals surface area contributed by atoms with Crippen LogP contribution in [0.3, 0.4) is 0 Å². The van der Waals surface area contributed by atoms with Crippen LogP contribution in [-0.2, 0) is 6.54 Å². The van der Waals surface area contributed by atoms with Crippen LogP contribution in [0.5, 0.6) is 0 Å². The Morgan fingerprint density at radius 3 is 2.82 bits per heavy atom. The number of amides is 1. The fourth-order valence-corrected chi connectivity index (χ4v) is 2.77. The van der Waals surface area contributed by atoms with Crippen molar-refractivity contribution in [3.63, 3.8) is 0 Å². The van der Waals surface area contributed by atoms with Crippen molar-refractivity contribution >= 4 is 45.5 Å². The lowest BCUT2D eigenvalue weighted by molar-refractivity contribution is 0.102. The quantitative estimate of drug-likeness (QED) is 0.829. The topological polar surface area (TPSA) is 55.1 Å². The molecule has 3 N–H and O–H groups in total. The average Bonchev–Trinajstić information content (AvgIpc) is 2.77. The normalized spacial score (nSPS) is 10.2. The number of benzene rings is 1. The summed E-state index contributed by atoms with van der Waals surface area (Å²) in [6.07, 6.45) is 0. The zero-order chi connectivity index (χ0) is 12.3. The zero-order valence-electron chi connectivity index (χ0n) is 8.94. The highest BCUT2D eigenvalue weighted by atomic mass is 127. The van der Waals surface area contributed by atoms with E-state index in [-0.39, 0.29) is 5.91 Å². The van der Waals surface area contributed by atoms with Crippen molar-refractivity contribution in [1.82, 2.24) is 0 Å². The van der Waals surface area contributed by atoms with Gasteiger partial charge in [0, 0.05) is 17.6 Å². The molecule has 0 atom stereocenters. The van der Waals surface area contributed by atoms with E-state index >= 15 is 0 Å². The molecule has 0 saturated heterocycles. The minimum absolute atomic E-state index is 0.0925. The molecule has 0 aliphatic carbocycles. The standard InChI is InChI=1S/C12H11IN2OS/c13-11-5-9(7-17-11)12(16)15-10-4-2-1-3-8(10)6-14/h1-5,7H,6,14H2,(H,15,16). The molecule has 1 aromatic carbocycles. The van der Waals surface area contributed by atoms with E-state index < -0.39 is 0 Å². The van der Waals surface area contributed by atoms with Crippen LogP contribution in [0.25, 0.3) is 0 Å². The number of nitrogens with two attached hydrogens (primary N) is 1. The predicted octanol–water partition coefficient (Wildman–Crippen LogP) is 3.06. The molecule has 88 valence electrons. The van der Waals surface area contributed by atoms with Gasteiger partial charge >= 0.3 is 0 Å². The Labute approximate surface area is 117 Å². The molecule has 0 radical (unpaired) electrons. The molecule has 2 aromatic rings. The van der Waals surface area contributed by atoms with Gasteiger partial charge in [0.2, 0.25) is 0 Å². The molecule has 0 bridgehead atoms. The highest BCUT2D eigenvalue weighted by Gasteiger charge is 2.09. The predicted molar refractivity (Wildman–Crippen MR) is 79.3 cm³/mol. The molecule has 1 heterocycles.